The van der Waals surface area contributed by atoms with Crippen LogP contribution < -0.4 is 5.32 Å². The second-order valence-electron chi connectivity index (χ2n) is 5.80. The van der Waals surface area contributed by atoms with Crippen molar-refractivity contribution in [3.8, 4) is 0 Å². The number of fused-ring (bicyclic) bond motifs is 1. The first-order chi connectivity index (χ1) is 7.55. The van der Waals surface area contributed by atoms with Crippen molar-refractivity contribution in [3.05, 3.63) is 0 Å². The summed E-state index contributed by atoms with van der Waals surface area (Å²) < 4.78 is 0. The van der Waals surface area contributed by atoms with Crippen LogP contribution in [-0.2, 0) is 9.59 Å². The van der Waals surface area contributed by atoms with Gasteiger partial charge in [-0.1, -0.05) is 13.8 Å². The van der Waals surface area contributed by atoms with Crippen molar-refractivity contribution >= 4 is 11.8 Å². The SMILES string of the molecule is CC1(C)C2C(=O)N(C3CCNCC3)C(=O)C21. The lowest BCUT2D eigenvalue weighted by Gasteiger charge is -2.32. The second kappa shape index (κ2) is 3.06. The lowest BCUT2D eigenvalue weighted by atomic mass is 10.0. The Hall–Kier alpha value is -0.900. The standard InChI is InChI=1S/C12H18N2O2/c1-12(2)8-9(12)11(16)14(10(8)15)7-3-5-13-6-4-7/h7-9,13H,3-6H2,1-2H3. The number of rotatable bonds is 1. The van der Waals surface area contributed by atoms with Crippen LogP contribution in [0, 0.1) is 17.3 Å². The molecular formula is C12H18N2O2. The van der Waals surface area contributed by atoms with E-state index in [4.69, 9.17) is 0 Å². The molecule has 0 spiro atoms. The molecular weight excluding hydrogens is 204 g/mol. The second-order valence-corrected chi connectivity index (χ2v) is 5.80. The maximum atomic E-state index is 12.2. The summed E-state index contributed by atoms with van der Waals surface area (Å²) in [6.07, 6.45) is 1.83. The summed E-state index contributed by atoms with van der Waals surface area (Å²) in [6.45, 7) is 5.89. The van der Waals surface area contributed by atoms with E-state index in [-0.39, 0.29) is 35.1 Å². The minimum atomic E-state index is -0.0718. The number of hydrogen-bond donors (Lipinski definition) is 1. The predicted octanol–water partition coefficient (Wildman–Crippen LogP) is 0.379. The van der Waals surface area contributed by atoms with Gasteiger partial charge in [0.15, 0.2) is 0 Å². The number of likely N-dealkylation sites (tertiary alicyclic amines) is 1. The van der Waals surface area contributed by atoms with Gasteiger partial charge in [-0.15, -0.1) is 0 Å². The van der Waals surface area contributed by atoms with Crippen LogP contribution in [0.3, 0.4) is 0 Å². The third-order valence-electron chi connectivity index (χ3n) is 4.51. The van der Waals surface area contributed by atoms with Gasteiger partial charge in [-0.2, -0.15) is 0 Å². The highest BCUT2D eigenvalue weighted by atomic mass is 16.2. The molecule has 2 atom stereocenters. The minimum absolute atomic E-state index is 0.0186. The quantitative estimate of drug-likeness (QED) is 0.652. The highest BCUT2D eigenvalue weighted by Gasteiger charge is 2.73. The van der Waals surface area contributed by atoms with Crippen LogP contribution in [0.1, 0.15) is 26.7 Å². The Labute approximate surface area is 95.4 Å². The largest absolute Gasteiger partial charge is 0.317 e. The van der Waals surface area contributed by atoms with Crippen molar-refractivity contribution in [1.82, 2.24) is 10.2 Å². The Morgan fingerprint density at radius 2 is 1.62 bits per heavy atom. The van der Waals surface area contributed by atoms with E-state index in [1.54, 1.807) is 4.90 Å². The van der Waals surface area contributed by atoms with Crippen LogP contribution in [0.2, 0.25) is 0 Å². The van der Waals surface area contributed by atoms with Gasteiger partial charge in [0.25, 0.3) is 0 Å². The molecule has 3 rings (SSSR count). The molecule has 0 radical (unpaired) electrons. The first-order valence-corrected chi connectivity index (χ1v) is 6.13. The zero-order chi connectivity index (χ0) is 11.5. The van der Waals surface area contributed by atoms with E-state index < -0.39 is 0 Å². The molecule has 16 heavy (non-hydrogen) atoms. The number of piperidine rings is 2. The number of carbonyl (C=O) groups excluding carboxylic acids is 2. The van der Waals surface area contributed by atoms with Gasteiger partial charge >= 0.3 is 0 Å². The topological polar surface area (TPSA) is 49.4 Å². The molecule has 3 fully saturated rings. The molecule has 1 aliphatic carbocycles. The summed E-state index contributed by atoms with van der Waals surface area (Å²) >= 11 is 0. The highest BCUT2D eigenvalue weighted by Crippen LogP contribution is 2.63. The molecule has 2 amide bonds. The molecule has 0 bridgehead atoms. The van der Waals surface area contributed by atoms with Crippen LogP contribution in [0.4, 0.5) is 0 Å². The minimum Gasteiger partial charge on any atom is -0.317 e. The fraction of sp³-hybridized carbons (Fsp3) is 0.833. The first-order valence-electron chi connectivity index (χ1n) is 6.13. The van der Waals surface area contributed by atoms with Crippen molar-refractivity contribution in [2.45, 2.75) is 32.7 Å². The van der Waals surface area contributed by atoms with E-state index in [0.29, 0.717) is 0 Å². The van der Waals surface area contributed by atoms with Gasteiger partial charge in [-0.3, -0.25) is 14.5 Å². The Balaban J connectivity index is 1.79. The van der Waals surface area contributed by atoms with Crippen molar-refractivity contribution in [1.29, 1.82) is 0 Å². The maximum Gasteiger partial charge on any atom is 0.233 e. The number of imide groups is 1. The lowest BCUT2D eigenvalue weighted by Crippen LogP contribution is -2.48. The van der Waals surface area contributed by atoms with Gasteiger partial charge in [-0.25, -0.2) is 0 Å². The number of hydrogen-bond acceptors (Lipinski definition) is 3. The first kappa shape index (κ1) is 10.3. The third kappa shape index (κ3) is 1.14. The number of nitrogens with zero attached hydrogens (tertiary/aromatic N) is 1. The van der Waals surface area contributed by atoms with E-state index in [9.17, 15) is 9.59 Å². The van der Waals surface area contributed by atoms with E-state index >= 15 is 0 Å². The zero-order valence-electron chi connectivity index (χ0n) is 9.82. The summed E-state index contributed by atoms with van der Waals surface area (Å²) in [6, 6.07) is 0.157. The van der Waals surface area contributed by atoms with Crippen LogP contribution in [-0.4, -0.2) is 35.8 Å². The van der Waals surface area contributed by atoms with Gasteiger partial charge in [0, 0.05) is 6.04 Å². The summed E-state index contributed by atoms with van der Waals surface area (Å²) in [5, 5.41) is 3.26. The molecule has 88 valence electrons. The third-order valence-corrected chi connectivity index (χ3v) is 4.51. The molecule has 3 aliphatic rings. The molecule has 0 aromatic heterocycles. The summed E-state index contributed by atoms with van der Waals surface area (Å²) in [5.74, 6) is 0.142. The average Bonchev–Trinajstić information content (AvgIpc) is 2.70. The van der Waals surface area contributed by atoms with Gasteiger partial charge in [0.2, 0.25) is 11.8 Å². The van der Waals surface area contributed by atoms with Gasteiger partial charge in [0.1, 0.15) is 0 Å². The summed E-state index contributed by atoms with van der Waals surface area (Å²) in [4.78, 5) is 25.9. The Morgan fingerprint density at radius 3 is 2.12 bits per heavy atom. The number of amides is 2. The van der Waals surface area contributed by atoms with E-state index in [1.165, 1.54) is 0 Å². The zero-order valence-corrected chi connectivity index (χ0v) is 9.82. The molecule has 1 saturated carbocycles. The van der Waals surface area contributed by atoms with Crippen LogP contribution in [0.15, 0.2) is 0 Å². The van der Waals surface area contributed by atoms with Gasteiger partial charge < -0.3 is 5.32 Å². The summed E-state index contributed by atoms with van der Waals surface area (Å²) in [5.41, 5.74) is -0.0718. The van der Waals surface area contributed by atoms with Crippen molar-refractivity contribution < 1.29 is 9.59 Å². The Kier molecular flexibility index (Phi) is 1.97. The normalized spacial score (nSPS) is 37.8. The molecule has 4 nitrogen and oxygen atoms in total. The van der Waals surface area contributed by atoms with Gasteiger partial charge in [-0.05, 0) is 31.3 Å². The molecule has 0 aromatic rings. The van der Waals surface area contributed by atoms with E-state index in [0.717, 1.165) is 25.9 Å². The van der Waals surface area contributed by atoms with Crippen LogP contribution in [0.25, 0.3) is 0 Å². The Morgan fingerprint density at radius 1 is 1.12 bits per heavy atom. The molecule has 2 aliphatic heterocycles. The lowest BCUT2D eigenvalue weighted by molar-refractivity contribution is -0.146. The van der Waals surface area contributed by atoms with E-state index in [1.807, 2.05) is 13.8 Å². The van der Waals surface area contributed by atoms with Crippen molar-refractivity contribution in [2.24, 2.45) is 17.3 Å². The molecule has 2 unspecified atom stereocenters. The van der Waals surface area contributed by atoms with Crippen molar-refractivity contribution in [2.75, 3.05) is 13.1 Å². The van der Waals surface area contributed by atoms with Crippen LogP contribution in [0.5, 0.6) is 0 Å². The summed E-state index contributed by atoms with van der Waals surface area (Å²) in [7, 11) is 0. The predicted molar refractivity (Wildman–Crippen MR) is 58.5 cm³/mol. The molecule has 1 N–H and O–H groups in total. The fourth-order valence-electron chi connectivity index (χ4n) is 3.39. The monoisotopic (exact) mass is 222 g/mol. The molecule has 0 aromatic carbocycles. The van der Waals surface area contributed by atoms with Crippen LogP contribution >= 0.6 is 0 Å². The molecule has 2 saturated heterocycles. The smallest absolute Gasteiger partial charge is 0.233 e. The number of nitrogens with one attached hydrogen (secondary N) is 1. The van der Waals surface area contributed by atoms with Gasteiger partial charge in [0.05, 0.1) is 11.8 Å². The van der Waals surface area contributed by atoms with Crippen molar-refractivity contribution in [3.63, 3.8) is 0 Å². The maximum absolute atomic E-state index is 12.2. The molecule has 4 heteroatoms. The highest BCUT2D eigenvalue weighted by molar-refractivity contribution is 6.10. The van der Waals surface area contributed by atoms with E-state index in [2.05, 4.69) is 5.32 Å². The average molecular weight is 222 g/mol. The molecule has 2 heterocycles. The Bertz CT molecular complexity index is 334. The fourth-order valence-corrected chi connectivity index (χ4v) is 3.39. The number of carbonyl (C=O) groups is 2.